The molecule has 0 aliphatic rings. The van der Waals surface area contributed by atoms with Crippen molar-refractivity contribution < 1.29 is 14.6 Å². The van der Waals surface area contributed by atoms with Gasteiger partial charge in [-0.2, -0.15) is 0 Å². The van der Waals surface area contributed by atoms with Crippen LogP contribution in [0.5, 0.6) is 0 Å². The molecule has 0 fully saturated rings. The third-order valence-corrected chi connectivity index (χ3v) is 9.66. The summed E-state index contributed by atoms with van der Waals surface area (Å²) in [6, 6.07) is -0.648. The minimum Gasteiger partial charge on any atom is -0.354 e. The van der Waals surface area contributed by atoms with Crippen LogP contribution in [0.1, 0.15) is 219 Å². The summed E-state index contributed by atoms with van der Waals surface area (Å²) in [4.78, 5) is 36.2. The van der Waals surface area contributed by atoms with Crippen LogP contribution in [-0.4, -0.2) is 41.9 Å². The number of hydrogen-bond acceptors (Lipinski definition) is 5. The highest BCUT2D eigenvalue weighted by atomic mass is 16.7. The maximum atomic E-state index is 13.0. The third-order valence-electron chi connectivity index (χ3n) is 9.66. The normalized spacial score (nSPS) is 11.6. The lowest BCUT2D eigenvalue weighted by Crippen LogP contribution is -2.47. The largest absolute Gasteiger partial charge is 0.354 e. The molecule has 0 aromatic rings. The fraction of sp³-hybridized carbons (Fsp3) is 0.925. The number of unbranched alkanes of at least 4 members (excludes halogenated alkanes) is 27. The molecule has 0 aliphatic carbocycles. The zero-order valence-electron chi connectivity index (χ0n) is 32.7. The first-order chi connectivity index (χ1) is 24.4. The van der Waals surface area contributed by atoms with Gasteiger partial charge < -0.3 is 16.0 Å². The van der Waals surface area contributed by atoms with Crippen molar-refractivity contribution in [3.05, 3.63) is 10.1 Å². The number of nitro groups is 1. The van der Waals surface area contributed by atoms with E-state index in [9.17, 15) is 19.7 Å². The van der Waals surface area contributed by atoms with E-state index in [0.717, 1.165) is 32.1 Å². The van der Waals surface area contributed by atoms with E-state index in [1.54, 1.807) is 5.43 Å². The van der Waals surface area contributed by atoms with Crippen molar-refractivity contribution in [2.24, 2.45) is 0 Å². The van der Waals surface area contributed by atoms with Crippen LogP contribution in [0.25, 0.3) is 0 Å². The monoisotopic (exact) mass is 709 g/mol. The van der Waals surface area contributed by atoms with E-state index in [1.165, 1.54) is 154 Å². The minimum atomic E-state index is -0.792. The van der Waals surface area contributed by atoms with Gasteiger partial charge in [0.15, 0.2) is 5.03 Å². The summed E-state index contributed by atoms with van der Waals surface area (Å²) in [5, 5.41) is 25.8. The molecule has 0 aromatic heterocycles. The average Bonchev–Trinajstić information content (AvgIpc) is 3.09. The number of hydrazine groups is 1. The first kappa shape index (κ1) is 47.6. The molecule has 10 heteroatoms. The van der Waals surface area contributed by atoms with Crippen LogP contribution in [0.15, 0.2) is 0 Å². The van der Waals surface area contributed by atoms with E-state index in [2.05, 4.69) is 29.8 Å². The predicted octanol–water partition coefficient (Wildman–Crippen LogP) is 10.4. The van der Waals surface area contributed by atoms with Gasteiger partial charge in [0, 0.05) is 19.5 Å². The van der Waals surface area contributed by atoms with Gasteiger partial charge in [0.25, 0.3) is 5.96 Å². The second-order valence-electron chi connectivity index (χ2n) is 14.5. The molecule has 5 N–H and O–H groups in total. The van der Waals surface area contributed by atoms with Gasteiger partial charge in [-0.15, -0.1) is 0 Å². The summed E-state index contributed by atoms with van der Waals surface area (Å²) in [7, 11) is 0. The Morgan fingerprint density at radius 2 is 0.900 bits per heavy atom. The third kappa shape index (κ3) is 35.4. The maximum Gasteiger partial charge on any atom is 0.251 e. The Kier molecular flexibility index (Phi) is 36.0. The summed E-state index contributed by atoms with van der Waals surface area (Å²) >= 11 is 0. The summed E-state index contributed by atoms with van der Waals surface area (Å²) in [6.45, 7) is 5.40. The summed E-state index contributed by atoms with van der Waals surface area (Å²) in [5.74, 6) is -0.682. The van der Waals surface area contributed by atoms with Gasteiger partial charge in [0.1, 0.15) is 6.04 Å². The van der Waals surface area contributed by atoms with Crippen LogP contribution >= 0.6 is 0 Å². The Labute approximate surface area is 307 Å². The number of hydrogen-bond donors (Lipinski definition) is 5. The molecular formula is C40H80N6O4. The lowest BCUT2D eigenvalue weighted by atomic mass is 10.0. The average molecular weight is 709 g/mol. The predicted molar refractivity (Wildman–Crippen MR) is 210 cm³/mol. The van der Waals surface area contributed by atoms with Crippen LogP contribution in [0.2, 0.25) is 0 Å². The Balaban J connectivity index is 4.07. The molecule has 0 saturated carbocycles. The molecule has 0 bridgehead atoms. The van der Waals surface area contributed by atoms with Crippen LogP contribution in [-0.2, 0) is 9.59 Å². The van der Waals surface area contributed by atoms with Crippen molar-refractivity contribution in [3.8, 4) is 0 Å². The zero-order valence-corrected chi connectivity index (χ0v) is 32.7. The zero-order chi connectivity index (χ0) is 36.8. The summed E-state index contributed by atoms with van der Waals surface area (Å²) in [5.41, 5.74) is 1.76. The summed E-state index contributed by atoms with van der Waals surface area (Å²) in [6.07, 6.45) is 38.5. The topological polar surface area (TPSA) is 149 Å². The molecule has 0 saturated heterocycles. The second kappa shape index (κ2) is 37.9. The fourth-order valence-corrected chi connectivity index (χ4v) is 6.50. The summed E-state index contributed by atoms with van der Waals surface area (Å²) < 4.78 is 0. The van der Waals surface area contributed by atoms with Gasteiger partial charge in [-0.1, -0.05) is 193 Å². The molecule has 0 spiro atoms. The molecule has 294 valence electrons. The Morgan fingerprint density at radius 1 is 0.540 bits per heavy atom. The molecule has 2 amide bonds. The highest BCUT2D eigenvalue weighted by Gasteiger charge is 2.20. The van der Waals surface area contributed by atoms with Gasteiger partial charge >= 0.3 is 0 Å². The molecule has 1 unspecified atom stereocenters. The molecular weight excluding hydrogens is 628 g/mol. The molecule has 1 atom stereocenters. The number of rotatable bonds is 38. The van der Waals surface area contributed by atoms with Crippen LogP contribution in [0.3, 0.4) is 0 Å². The number of amides is 2. The number of nitrogens with one attached hydrogen (secondary N) is 5. The minimum absolute atomic E-state index is 0.105. The van der Waals surface area contributed by atoms with Crippen LogP contribution in [0.4, 0.5) is 0 Å². The maximum absolute atomic E-state index is 13.0. The Hall–Kier alpha value is -2.39. The fourth-order valence-electron chi connectivity index (χ4n) is 6.50. The molecule has 0 radical (unpaired) electrons. The van der Waals surface area contributed by atoms with Crippen molar-refractivity contribution >= 4 is 17.8 Å². The first-order valence-electron chi connectivity index (χ1n) is 21.2. The number of carbonyl (C=O) groups is 2. The molecule has 10 nitrogen and oxygen atoms in total. The van der Waals surface area contributed by atoms with Gasteiger partial charge in [0.05, 0.1) is 0 Å². The van der Waals surface area contributed by atoms with Crippen molar-refractivity contribution in [2.75, 3.05) is 13.1 Å². The Bertz CT molecular complexity index is 813. The van der Waals surface area contributed by atoms with E-state index >= 15 is 0 Å². The van der Waals surface area contributed by atoms with Gasteiger partial charge in [-0.05, 0) is 25.7 Å². The van der Waals surface area contributed by atoms with E-state index < -0.39 is 17.0 Å². The SMILES string of the molecule is CCCCCCCCCCCCCCCCCCCCCC(=O)NC(CCCNC(=N)N[N+](=O)[O-])C(=O)NCCCCCCCCCCCC. The number of carbonyl (C=O) groups excluding carboxylic acids is 2. The van der Waals surface area contributed by atoms with Crippen molar-refractivity contribution in [2.45, 2.75) is 225 Å². The van der Waals surface area contributed by atoms with Gasteiger partial charge in [-0.3, -0.25) is 15.0 Å². The molecule has 0 heterocycles. The second-order valence-corrected chi connectivity index (χ2v) is 14.5. The van der Waals surface area contributed by atoms with Gasteiger partial charge in [0.2, 0.25) is 11.8 Å². The Morgan fingerprint density at radius 3 is 1.30 bits per heavy atom. The van der Waals surface area contributed by atoms with Crippen molar-refractivity contribution in [1.29, 1.82) is 5.41 Å². The van der Waals surface area contributed by atoms with Crippen molar-refractivity contribution in [1.82, 2.24) is 21.4 Å². The number of nitrogens with zero attached hydrogens (tertiary/aromatic N) is 1. The van der Waals surface area contributed by atoms with Crippen molar-refractivity contribution in [3.63, 3.8) is 0 Å². The molecule has 0 aromatic carbocycles. The van der Waals surface area contributed by atoms with Crippen LogP contribution < -0.4 is 21.4 Å². The smallest absolute Gasteiger partial charge is 0.251 e. The number of guanidine groups is 1. The lowest BCUT2D eigenvalue weighted by molar-refractivity contribution is -0.525. The van der Waals surface area contributed by atoms with E-state index in [0.29, 0.717) is 25.8 Å². The highest BCUT2D eigenvalue weighted by molar-refractivity contribution is 5.87. The van der Waals surface area contributed by atoms with E-state index in [4.69, 9.17) is 5.41 Å². The molecule has 0 aliphatic heterocycles. The molecule has 50 heavy (non-hydrogen) atoms. The lowest BCUT2D eigenvalue weighted by Gasteiger charge is -2.19. The quantitative estimate of drug-likeness (QED) is 0.0142. The molecule has 0 rings (SSSR count). The standard InChI is InChI=1S/C40H80N6O4/c1-3-5-7-9-11-13-15-16-17-18-19-20-21-22-23-24-26-28-30-34-38(47)44-37(33-32-36-43-40(41)45-46(49)50)39(48)42-35-31-29-27-25-14-12-10-8-6-4-2/h37H,3-36H2,1-2H3,(H,42,48)(H,44,47)(H3,41,43,45). The van der Waals surface area contributed by atoms with E-state index in [1.807, 2.05) is 0 Å². The van der Waals surface area contributed by atoms with Gasteiger partial charge in [-0.25, -0.2) is 10.1 Å². The van der Waals surface area contributed by atoms with E-state index in [-0.39, 0.29) is 18.4 Å². The first-order valence-corrected chi connectivity index (χ1v) is 21.2. The highest BCUT2D eigenvalue weighted by Crippen LogP contribution is 2.15. The van der Waals surface area contributed by atoms with Crippen LogP contribution in [0, 0.1) is 15.5 Å².